The first-order valence-electron chi connectivity index (χ1n) is 10.7. The quantitative estimate of drug-likeness (QED) is 0.592. The van der Waals surface area contributed by atoms with Crippen molar-refractivity contribution in [2.45, 2.75) is 51.7 Å². The van der Waals surface area contributed by atoms with Crippen LogP contribution in [0.25, 0.3) is 22.0 Å². The zero-order valence-electron chi connectivity index (χ0n) is 18.0. The van der Waals surface area contributed by atoms with E-state index in [9.17, 15) is 9.90 Å². The Labute approximate surface area is 178 Å². The number of aliphatic hydroxyl groups excluding tert-OH is 1. The average Bonchev–Trinajstić information content (AvgIpc) is 3.32. The first-order valence-corrected chi connectivity index (χ1v) is 10.7. The smallest absolute Gasteiger partial charge is 0.251 e. The molecule has 5 nitrogen and oxygen atoms in total. The van der Waals surface area contributed by atoms with Crippen molar-refractivity contribution in [1.29, 1.82) is 0 Å². The van der Waals surface area contributed by atoms with Gasteiger partial charge in [0.15, 0.2) is 0 Å². The van der Waals surface area contributed by atoms with Crippen LogP contribution in [-0.2, 0) is 6.54 Å². The number of benzene rings is 2. The van der Waals surface area contributed by atoms with E-state index in [4.69, 9.17) is 0 Å². The van der Waals surface area contributed by atoms with E-state index in [0.29, 0.717) is 5.56 Å². The van der Waals surface area contributed by atoms with Crippen molar-refractivity contribution in [3.05, 3.63) is 59.8 Å². The molecule has 0 unspecified atom stereocenters. The number of hydrogen-bond donors (Lipinski definition) is 3. The Balaban J connectivity index is 1.57. The van der Waals surface area contributed by atoms with Gasteiger partial charge in [0, 0.05) is 40.3 Å². The van der Waals surface area contributed by atoms with Gasteiger partial charge in [-0.1, -0.05) is 18.2 Å². The Kier molecular flexibility index (Phi) is 5.67. The predicted molar refractivity (Wildman–Crippen MR) is 121 cm³/mol. The molecular weight excluding hydrogens is 374 g/mol. The molecule has 1 aromatic heterocycles. The number of fused-ring (bicyclic) bond motifs is 1. The summed E-state index contributed by atoms with van der Waals surface area (Å²) in [6.45, 7) is 8.04. The molecule has 0 radical (unpaired) electrons. The zero-order chi connectivity index (χ0) is 21.3. The van der Waals surface area contributed by atoms with Crippen LogP contribution >= 0.6 is 0 Å². The van der Waals surface area contributed by atoms with Gasteiger partial charge in [-0.25, -0.2) is 0 Å². The summed E-state index contributed by atoms with van der Waals surface area (Å²) in [6.07, 6.45) is 2.22. The van der Waals surface area contributed by atoms with Gasteiger partial charge in [0.1, 0.15) is 0 Å². The molecule has 1 atom stereocenters. The molecule has 4 rings (SSSR count). The van der Waals surface area contributed by atoms with Crippen LogP contribution in [0, 0.1) is 0 Å². The van der Waals surface area contributed by atoms with Crippen molar-refractivity contribution in [1.82, 2.24) is 15.2 Å². The van der Waals surface area contributed by atoms with E-state index < -0.39 is 0 Å². The maximum Gasteiger partial charge on any atom is 0.251 e. The molecule has 3 N–H and O–H groups in total. The van der Waals surface area contributed by atoms with Crippen molar-refractivity contribution >= 4 is 16.8 Å². The van der Waals surface area contributed by atoms with Crippen LogP contribution in [0.5, 0.6) is 0 Å². The Morgan fingerprint density at radius 2 is 1.97 bits per heavy atom. The van der Waals surface area contributed by atoms with E-state index in [1.54, 1.807) is 0 Å². The van der Waals surface area contributed by atoms with E-state index in [-0.39, 0.29) is 24.1 Å². The van der Waals surface area contributed by atoms with Crippen molar-refractivity contribution in [2.75, 3.05) is 13.2 Å². The second kappa shape index (κ2) is 8.25. The highest BCUT2D eigenvalue weighted by atomic mass is 16.3. The maximum atomic E-state index is 12.5. The van der Waals surface area contributed by atoms with Crippen molar-refractivity contribution in [3.8, 4) is 11.1 Å². The van der Waals surface area contributed by atoms with E-state index in [2.05, 4.69) is 39.5 Å². The summed E-state index contributed by atoms with van der Waals surface area (Å²) in [6, 6.07) is 16.6. The van der Waals surface area contributed by atoms with Gasteiger partial charge in [-0.05, 0) is 81.6 Å². The number of carbonyl (C=O) groups excluding carboxylic acids is 1. The van der Waals surface area contributed by atoms with Crippen LogP contribution in [-0.4, -0.2) is 45.6 Å². The average molecular weight is 406 g/mol. The monoisotopic (exact) mass is 405 g/mol. The minimum atomic E-state index is -0.266. The van der Waals surface area contributed by atoms with Crippen LogP contribution < -0.4 is 5.32 Å². The third-order valence-electron chi connectivity index (χ3n) is 5.71. The van der Waals surface area contributed by atoms with Crippen LogP contribution in [0.1, 0.15) is 49.7 Å². The van der Waals surface area contributed by atoms with E-state index in [0.717, 1.165) is 48.0 Å². The molecule has 0 saturated carbocycles. The molecule has 1 aliphatic heterocycles. The topological polar surface area (TPSA) is 68.4 Å². The fourth-order valence-corrected chi connectivity index (χ4v) is 4.24. The number of H-pyrrole nitrogens is 1. The summed E-state index contributed by atoms with van der Waals surface area (Å²) >= 11 is 0. The number of nitrogens with one attached hydrogen (secondary N) is 2. The molecule has 2 heterocycles. The van der Waals surface area contributed by atoms with Gasteiger partial charge in [0.2, 0.25) is 0 Å². The van der Waals surface area contributed by atoms with Gasteiger partial charge in [0.05, 0.1) is 6.61 Å². The molecule has 30 heavy (non-hydrogen) atoms. The molecule has 0 aliphatic carbocycles. The summed E-state index contributed by atoms with van der Waals surface area (Å²) < 4.78 is 0. The molecule has 5 heteroatoms. The Hall–Kier alpha value is -2.63. The highest BCUT2D eigenvalue weighted by Crippen LogP contribution is 2.27. The van der Waals surface area contributed by atoms with Crippen molar-refractivity contribution in [2.24, 2.45) is 0 Å². The van der Waals surface area contributed by atoms with E-state index in [1.165, 1.54) is 5.69 Å². The first kappa shape index (κ1) is 20.6. The SMILES string of the molecule is CC(C)(C)NC(=O)c1cccc(-c2ccc3[nH]c(CN4CCC[C@@H]4CO)cc3c2)c1. The molecule has 2 aromatic carbocycles. The number of carbonyl (C=O) groups is 1. The minimum Gasteiger partial charge on any atom is -0.395 e. The Bertz CT molecular complexity index is 1050. The largest absolute Gasteiger partial charge is 0.395 e. The van der Waals surface area contributed by atoms with Gasteiger partial charge in [-0.3, -0.25) is 9.69 Å². The van der Waals surface area contributed by atoms with Gasteiger partial charge in [-0.2, -0.15) is 0 Å². The number of amides is 1. The Morgan fingerprint density at radius 3 is 2.73 bits per heavy atom. The van der Waals surface area contributed by atoms with Gasteiger partial charge >= 0.3 is 0 Å². The molecule has 1 aliphatic rings. The standard InChI is InChI=1S/C25H31N3O2/c1-25(2,3)27-24(30)19-7-4-6-17(12-19)18-9-10-23-20(13-18)14-21(26-23)15-28-11-5-8-22(28)16-29/h4,6-7,9-10,12-14,22,26,29H,5,8,11,15-16H2,1-3H3,(H,27,30)/t22-/m1/s1. The number of aromatic amines is 1. The lowest BCUT2D eigenvalue weighted by Gasteiger charge is -2.21. The van der Waals surface area contributed by atoms with E-state index in [1.807, 2.05) is 45.0 Å². The lowest BCUT2D eigenvalue weighted by Crippen LogP contribution is -2.40. The molecule has 0 bridgehead atoms. The summed E-state index contributed by atoms with van der Waals surface area (Å²) in [4.78, 5) is 18.4. The minimum absolute atomic E-state index is 0.0570. The molecule has 3 aromatic rings. The molecule has 158 valence electrons. The van der Waals surface area contributed by atoms with Gasteiger partial charge in [0.25, 0.3) is 5.91 Å². The van der Waals surface area contributed by atoms with Crippen LogP contribution in [0.2, 0.25) is 0 Å². The van der Waals surface area contributed by atoms with Gasteiger partial charge < -0.3 is 15.4 Å². The van der Waals surface area contributed by atoms with Gasteiger partial charge in [-0.15, -0.1) is 0 Å². The molecule has 1 amide bonds. The number of hydrogen-bond acceptors (Lipinski definition) is 3. The molecule has 1 saturated heterocycles. The Morgan fingerprint density at radius 1 is 1.17 bits per heavy atom. The molecule has 0 spiro atoms. The molecular formula is C25H31N3O2. The number of aliphatic hydroxyl groups is 1. The van der Waals surface area contributed by atoms with Crippen molar-refractivity contribution < 1.29 is 9.90 Å². The third kappa shape index (κ3) is 4.58. The normalized spacial score (nSPS) is 17.5. The second-order valence-electron chi connectivity index (χ2n) is 9.33. The summed E-state index contributed by atoms with van der Waals surface area (Å²) in [7, 11) is 0. The third-order valence-corrected chi connectivity index (χ3v) is 5.71. The predicted octanol–water partition coefficient (Wildman–Crippen LogP) is 4.32. The fraction of sp³-hybridized carbons (Fsp3) is 0.400. The lowest BCUT2D eigenvalue weighted by molar-refractivity contribution is 0.0919. The number of rotatable bonds is 5. The zero-order valence-corrected chi connectivity index (χ0v) is 18.0. The lowest BCUT2D eigenvalue weighted by atomic mass is 10.0. The summed E-state index contributed by atoms with van der Waals surface area (Å²) in [5.41, 5.74) is 4.80. The number of nitrogens with zero attached hydrogens (tertiary/aromatic N) is 1. The highest BCUT2D eigenvalue weighted by Gasteiger charge is 2.24. The fourth-order valence-electron chi connectivity index (χ4n) is 4.24. The van der Waals surface area contributed by atoms with Crippen molar-refractivity contribution in [3.63, 3.8) is 0 Å². The highest BCUT2D eigenvalue weighted by molar-refractivity contribution is 5.96. The maximum absolute atomic E-state index is 12.5. The number of likely N-dealkylation sites (tertiary alicyclic amines) is 1. The van der Waals surface area contributed by atoms with Crippen LogP contribution in [0.4, 0.5) is 0 Å². The van der Waals surface area contributed by atoms with Crippen LogP contribution in [0.3, 0.4) is 0 Å². The molecule has 1 fully saturated rings. The second-order valence-corrected chi connectivity index (χ2v) is 9.33. The van der Waals surface area contributed by atoms with Crippen LogP contribution in [0.15, 0.2) is 48.5 Å². The summed E-state index contributed by atoms with van der Waals surface area (Å²) in [5, 5.41) is 13.7. The number of aromatic nitrogens is 1. The van der Waals surface area contributed by atoms with E-state index >= 15 is 0 Å². The first-order chi connectivity index (χ1) is 14.3. The summed E-state index contributed by atoms with van der Waals surface area (Å²) in [5.74, 6) is -0.0570.